The van der Waals surface area contributed by atoms with Gasteiger partial charge in [-0.25, -0.2) is 4.39 Å². The van der Waals surface area contributed by atoms with Crippen LogP contribution in [0.5, 0.6) is 0 Å². The van der Waals surface area contributed by atoms with Crippen LogP contribution in [-0.2, 0) is 0 Å². The van der Waals surface area contributed by atoms with Gasteiger partial charge in [-0.2, -0.15) is 13.2 Å². The molecule has 21 heavy (non-hydrogen) atoms. The minimum absolute atomic E-state index is 0.0384. The summed E-state index contributed by atoms with van der Waals surface area (Å²) in [6.07, 6.45) is -5.52. The fourth-order valence-corrected chi connectivity index (χ4v) is 3.35. The van der Waals surface area contributed by atoms with Gasteiger partial charge in [-0.15, -0.1) is 0 Å². The lowest BCUT2D eigenvalue weighted by atomic mass is 9.84. The first-order valence-electron chi connectivity index (χ1n) is 6.01. The minimum atomic E-state index is -5.17. The van der Waals surface area contributed by atoms with E-state index in [0.717, 1.165) is 22.6 Å². The molecule has 0 aliphatic heterocycles. The van der Waals surface area contributed by atoms with Crippen molar-refractivity contribution in [2.24, 2.45) is 16.1 Å². The molecule has 1 fully saturated rings. The van der Waals surface area contributed by atoms with Crippen LogP contribution in [0, 0.1) is 5.41 Å². The molecule has 0 heterocycles. The summed E-state index contributed by atoms with van der Waals surface area (Å²) in [6.45, 7) is 9.30. The Morgan fingerprint density at radius 1 is 1.52 bits per heavy atom. The molecule has 1 rings (SSSR count). The van der Waals surface area contributed by atoms with Gasteiger partial charge < -0.3 is 10.8 Å². The van der Waals surface area contributed by atoms with Gasteiger partial charge in [0.05, 0.1) is 6.54 Å². The third-order valence-corrected chi connectivity index (χ3v) is 5.86. The first kappa shape index (κ1) is 18.4. The highest BCUT2D eigenvalue weighted by atomic mass is 127. The van der Waals surface area contributed by atoms with E-state index in [2.05, 4.69) is 18.2 Å². The largest absolute Gasteiger partial charge is 0.425 e. The van der Waals surface area contributed by atoms with Crippen molar-refractivity contribution in [2.75, 3.05) is 6.54 Å². The highest BCUT2D eigenvalue weighted by Crippen LogP contribution is 2.65. The lowest BCUT2D eigenvalue weighted by Crippen LogP contribution is -2.59. The second kappa shape index (κ2) is 5.22. The molecule has 0 aromatic heterocycles. The second-order valence-corrected chi connectivity index (χ2v) is 7.09. The smallest absolute Gasteiger partial charge is 0.384 e. The maximum atomic E-state index is 14.9. The number of aliphatic imine (C=N–C) groups is 1. The first-order chi connectivity index (χ1) is 9.21. The predicted octanol–water partition coefficient (Wildman–Crippen LogP) is 3.28. The second-order valence-electron chi connectivity index (χ2n) is 5.61. The zero-order valence-electron chi connectivity index (χ0n) is 11.7. The van der Waals surface area contributed by atoms with E-state index in [1.807, 2.05) is 0 Å². The fourth-order valence-electron chi connectivity index (χ4n) is 2.30. The van der Waals surface area contributed by atoms with Crippen LogP contribution in [0.25, 0.3) is 0 Å². The van der Waals surface area contributed by atoms with E-state index in [1.54, 1.807) is 6.92 Å². The molecule has 1 aliphatic carbocycles. The SMILES string of the molecule is C=C(C)C(N)=NCC1(C)CC(=C)C(O)(C(F)(F)F)C1(F)I. The number of rotatable bonds is 3. The van der Waals surface area contributed by atoms with E-state index in [1.165, 1.54) is 6.92 Å². The summed E-state index contributed by atoms with van der Waals surface area (Å²) in [6, 6.07) is 0. The normalized spacial score (nSPS) is 37.9. The van der Waals surface area contributed by atoms with Crippen molar-refractivity contribution in [3.8, 4) is 0 Å². The Morgan fingerprint density at radius 2 is 2.00 bits per heavy atom. The Balaban J connectivity index is 3.27. The van der Waals surface area contributed by atoms with Crippen molar-refractivity contribution in [1.82, 2.24) is 0 Å². The molecule has 3 atom stereocenters. The molecule has 0 radical (unpaired) electrons. The molecule has 3 unspecified atom stereocenters. The Morgan fingerprint density at radius 3 is 2.33 bits per heavy atom. The summed E-state index contributed by atoms with van der Waals surface area (Å²) >= 11 is 0.998. The maximum Gasteiger partial charge on any atom is 0.425 e. The van der Waals surface area contributed by atoms with Crippen molar-refractivity contribution in [1.29, 1.82) is 0 Å². The summed E-state index contributed by atoms with van der Waals surface area (Å²) in [5.74, 6) is 0.0384. The van der Waals surface area contributed by atoms with Gasteiger partial charge in [-0.1, -0.05) is 20.1 Å². The van der Waals surface area contributed by atoms with Gasteiger partial charge in [-0.3, -0.25) is 4.99 Å². The van der Waals surface area contributed by atoms with Crippen molar-refractivity contribution in [3.05, 3.63) is 24.3 Å². The molecule has 120 valence electrons. The molecular formula is C13H17F4IN2O. The maximum absolute atomic E-state index is 14.9. The Hall–Kier alpha value is -0.640. The molecule has 3 nitrogen and oxygen atoms in total. The molecule has 0 saturated heterocycles. The molecule has 0 aromatic rings. The highest BCUT2D eigenvalue weighted by Gasteiger charge is 2.77. The van der Waals surface area contributed by atoms with Crippen LogP contribution in [0.15, 0.2) is 29.3 Å². The molecular weight excluding hydrogens is 403 g/mol. The molecule has 0 spiro atoms. The summed E-state index contributed by atoms with van der Waals surface area (Å²) in [7, 11) is 0. The van der Waals surface area contributed by atoms with E-state index >= 15 is 0 Å². The third-order valence-electron chi connectivity index (χ3n) is 3.77. The van der Waals surface area contributed by atoms with Crippen molar-refractivity contribution < 1.29 is 22.7 Å². The molecule has 3 N–H and O–H groups in total. The van der Waals surface area contributed by atoms with Crippen LogP contribution in [0.3, 0.4) is 0 Å². The molecule has 8 heteroatoms. The van der Waals surface area contributed by atoms with E-state index in [4.69, 9.17) is 5.73 Å². The van der Waals surface area contributed by atoms with Gasteiger partial charge in [0.2, 0.25) is 9.28 Å². The monoisotopic (exact) mass is 420 g/mol. The summed E-state index contributed by atoms with van der Waals surface area (Å²) < 4.78 is 51.3. The number of hydrogen-bond acceptors (Lipinski definition) is 2. The molecule has 0 aromatic carbocycles. The highest BCUT2D eigenvalue weighted by molar-refractivity contribution is 14.1. The van der Waals surface area contributed by atoms with E-state index < -0.39 is 26.4 Å². The van der Waals surface area contributed by atoms with Gasteiger partial charge in [0.1, 0.15) is 5.84 Å². The minimum Gasteiger partial charge on any atom is -0.384 e. The number of nitrogens with two attached hydrogens (primary N) is 1. The van der Waals surface area contributed by atoms with Crippen LogP contribution in [0.2, 0.25) is 0 Å². The Labute approximate surface area is 134 Å². The average Bonchev–Trinajstić information content (AvgIpc) is 2.45. The summed E-state index contributed by atoms with van der Waals surface area (Å²) in [5.41, 5.74) is 0.169. The number of nitrogens with zero attached hydrogens (tertiary/aromatic N) is 1. The first-order valence-corrected chi connectivity index (χ1v) is 7.09. The number of halogens is 5. The Bertz CT molecular complexity index is 515. The van der Waals surface area contributed by atoms with E-state index in [-0.39, 0.29) is 18.8 Å². The predicted molar refractivity (Wildman–Crippen MR) is 82.0 cm³/mol. The third kappa shape index (κ3) is 2.60. The van der Waals surface area contributed by atoms with Crippen LogP contribution in [0.4, 0.5) is 17.6 Å². The van der Waals surface area contributed by atoms with Gasteiger partial charge in [-0.05, 0) is 47.1 Å². The van der Waals surface area contributed by atoms with Gasteiger partial charge >= 0.3 is 6.18 Å². The quantitative estimate of drug-likeness (QED) is 0.184. The number of amidine groups is 1. The lowest BCUT2D eigenvalue weighted by Gasteiger charge is -2.40. The van der Waals surface area contributed by atoms with Gasteiger partial charge in [0.15, 0.2) is 0 Å². The van der Waals surface area contributed by atoms with Crippen LogP contribution < -0.4 is 5.73 Å². The number of alkyl halides is 5. The van der Waals surface area contributed by atoms with Crippen LogP contribution in [-0.4, -0.2) is 32.9 Å². The molecule has 1 aliphatic rings. The molecule has 1 saturated carbocycles. The van der Waals surface area contributed by atoms with E-state index in [9.17, 15) is 22.7 Å². The number of aliphatic hydroxyl groups is 1. The summed E-state index contributed by atoms with van der Waals surface area (Å²) in [4.78, 5) is 3.89. The zero-order chi connectivity index (χ0) is 16.9. The topological polar surface area (TPSA) is 58.6 Å². The Kier molecular flexibility index (Phi) is 4.58. The molecule has 0 bridgehead atoms. The average molecular weight is 420 g/mol. The van der Waals surface area contributed by atoms with Gasteiger partial charge in [0, 0.05) is 5.41 Å². The van der Waals surface area contributed by atoms with Crippen LogP contribution in [0.1, 0.15) is 20.3 Å². The lowest BCUT2D eigenvalue weighted by molar-refractivity contribution is -0.267. The van der Waals surface area contributed by atoms with Crippen molar-refractivity contribution >= 4 is 28.4 Å². The van der Waals surface area contributed by atoms with Gasteiger partial charge in [0.25, 0.3) is 0 Å². The standard InChI is InChI=1S/C13H17F4IN2O/c1-7(2)9(19)20-6-10(4)5-8(3)11(21,12(10,14)18)13(15,16)17/h21H,1,3,5-6H2,2,4H3,(H2,19,20). The van der Waals surface area contributed by atoms with Crippen molar-refractivity contribution in [2.45, 2.75) is 35.7 Å². The summed E-state index contributed by atoms with van der Waals surface area (Å²) in [5, 5.41) is 9.93. The zero-order valence-corrected chi connectivity index (χ0v) is 13.8. The van der Waals surface area contributed by atoms with E-state index in [0.29, 0.717) is 5.57 Å². The number of hydrogen-bond donors (Lipinski definition) is 2. The fraction of sp³-hybridized carbons (Fsp3) is 0.615. The van der Waals surface area contributed by atoms with Crippen molar-refractivity contribution in [3.63, 3.8) is 0 Å². The van der Waals surface area contributed by atoms with Crippen LogP contribution >= 0.6 is 22.6 Å². The molecule has 0 amide bonds.